The second kappa shape index (κ2) is 7.09. The molecule has 0 bridgehead atoms. The Hall–Kier alpha value is -2.06. The van der Waals surface area contributed by atoms with E-state index < -0.39 is 29.0 Å². The molecule has 0 radical (unpaired) electrons. The number of hydrogen-bond donors (Lipinski definition) is 2. The van der Waals surface area contributed by atoms with Gasteiger partial charge in [0.15, 0.2) is 0 Å². The van der Waals surface area contributed by atoms with Crippen molar-refractivity contribution in [3.63, 3.8) is 0 Å². The molecule has 0 aliphatic rings. The topological polar surface area (TPSA) is 84.0 Å². The van der Waals surface area contributed by atoms with Crippen LogP contribution in [0.2, 0.25) is 0 Å². The van der Waals surface area contributed by atoms with Crippen molar-refractivity contribution in [3.05, 3.63) is 32.6 Å². The van der Waals surface area contributed by atoms with Crippen LogP contribution in [0.25, 0.3) is 0 Å². The van der Waals surface area contributed by atoms with Crippen LogP contribution in [0.15, 0.2) is 15.8 Å². The molecule has 1 amide bonds. The van der Waals surface area contributed by atoms with Crippen LogP contribution in [0, 0.1) is 0 Å². The molecule has 6 nitrogen and oxygen atoms in total. The van der Waals surface area contributed by atoms with Gasteiger partial charge in [0, 0.05) is 15.6 Å². The van der Waals surface area contributed by atoms with Crippen molar-refractivity contribution in [3.8, 4) is 0 Å². The summed E-state index contributed by atoms with van der Waals surface area (Å²) < 4.78 is 37.9. The zero-order valence-corrected chi connectivity index (χ0v) is 11.4. The summed E-state index contributed by atoms with van der Waals surface area (Å²) in [6.45, 7) is 2.25. The second-order valence-electron chi connectivity index (χ2n) is 4.46. The van der Waals surface area contributed by atoms with Crippen LogP contribution in [-0.4, -0.2) is 22.1 Å². The highest BCUT2D eigenvalue weighted by atomic mass is 19.4. The summed E-state index contributed by atoms with van der Waals surface area (Å²) in [7, 11) is 0. The summed E-state index contributed by atoms with van der Waals surface area (Å²) in [4.78, 5) is 35.6. The average Bonchev–Trinajstić information content (AvgIpc) is 2.36. The van der Waals surface area contributed by atoms with E-state index in [0.29, 0.717) is 6.42 Å². The molecule has 0 aliphatic carbocycles. The maximum atomic E-state index is 12.5. The molecule has 0 saturated heterocycles. The average molecular weight is 311 g/mol. The molecule has 0 saturated carbocycles. The number of alkyl halides is 3. The summed E-state index contributed by atoms with van der Waals surface area (Å²) in [5.74, 6) is 0. The number of aromatic nitrogens is 2. The van der Waals surface area contributed by atoms with E-state index in [4.69, 9.17) is 0 Å². The number of unbranched alkanes of at least 4 members (excludes halogenated alkanes) is 3. The summed E-state index contributed by atoms with van der Waals surface area (Å²) in [5, 5.41) is 2.33. The quantitative estimate of drug-likeness (QED) is 0.818. The van der Waals surface area contributed by atoms with Gasteiger partial charge in [-0.2, -0.15) is 13.2 Å². The Balaban J connectivity index is 0. The van der Waals surface area contributed by atoms with E-state index in [0.717, 1.165) is 19.3 Å². The van der Waals surface area contributed by atoms with Crippen molar-refractivity contribution >= 4 is 6.03 Å². The zero-order valence-electron chi connectivity index (χ0n) is 11.4. The number of rotatable bonds is 5. The van der Waals surface area contributed by atoms with Gasteiger partial charge in [-0.1, -0.05) is 26.2 Å². The lowest BCUT2D eigenvalue weighted by molar-refractivity contribution is -0.139. The highest BCUT2D eigenvalue weighted by Crippen LogP contribution is 2.25. The van der Waals surface area contributed by atoms with Crippen molar-refractivity contribution < 1.29 is 20.8 Å². The van der Waals surface area contributed by atoms with Gasteiger partial charge >= 0.3 is 17.9 Å². The minimum absolute atomic E-state index is 0. The molecule has 1 rings (SSSR count). The number of amides is 1. The SMILES string of the molecule is CCCCCCNC(=O)n1cc(C(F)(F)F)c(=O)[nH]c1=O.[HH].[HH]. The molecule has 0 fully saturated rings. The third-order valence-corrected chi connectivity index (χ3v) is 2.77. The van der Waals surface area contributed by atoms with Gasteiger partial charge in [0.25, 0.3) is 5.56 Å². The van der Waals surface area contributed by atoms with Gasteiger partial charge in [0.1, 0.15) is 5.56 Å². The van der Waals surface area contributed by atoms with Gasteiger partial charge in [-0.05, 0) is 6.42 Å². The summed E-state index contributed by atoms with van der Waals surface area (Å²) in [5.41, 5.74) is -4.37. The van der Waals surface area contributed by atoms with E-state index in [1.807, 2.05) is 6.92 Å². The third kappa shape index (κ3) is 4.76. The predicted molar refractivity (Wildman–Crippen MR) is 73.5 cm³/mol. The fourth-order valence-corrected chi connectivity index (χ4v) is 1.66. The number of halogens is 3. The lowest BCUT2D eigenvalue weighted by Gasteiger charge is -2.09. The van der Waals surface area contributed by atoms with Crippen LogP contribution in [0.1, 0.15) is 41.0 Å². The molecular weight excluding hydrogens is 291 g/mol. The first-order valence-electron chi connectivity index (χ1n) is 6.48. The smallest absolute Gasteiger partial charge is 0.337 e. The van der Waals surface area contributed by atoms with Crippen molar-refractivity contribution in [2.24, 2.45) is 0 Å². The number of aromatic amines is 1. The largest absolute Gasteiger partial charge is 0.423 e. The standard InChI is InChI=1S/C12H16F3N3O3.2H2/c1-2-3-4-5-6-16-10(20)18-7-8(12(13,14)15)9(19)17-11(18)21;;/h7H,2-6H2,1H3,(H,16,20)(H,17,19,21);2*1H. The Labute approximate surface area is 121 Å². The first kappa shape index (κ1) is 17.0. The molecule has 0 aliphatic heterocycles. The molecule has 1 aromatic heterocycles. The Morgan fingerprint density at radius 1 is 1.33 bits per heavy atom. The third-order valence-electron chi connectivity index (χ3n) is 2.77. The molecule has 0 unspecified atom stereocenters. The van der Waals surface area contributed by atoms with E-state index in [2.05, 4.69) is 5.32 Å². The van der Waals surface area contributed by atoms with Crippen LogP contribution in [0.4, 0.5) is 18.0 Å². The zero-order chi connectivity index (χ0) is 16.0. The van der Waals surface area contributed by atoms with Gasteiger partial charge in [-0.15, -0.1) is 0 Å². The molecule has 1 heterocycles. The number of nitrogens with one attached hydrogen (secondary N) is 2. The van der Waals surface area contributed by atoms with Crippen LogP contribution in [0.3, 0.4) is 0 Å². The lowest BCUT2D eigenvalue weighted by atomic mass is 10.2. The minimum atomic E-state index is -4.94. The van der Waals surface area contributed by atoms with Crippen LogP contribution in [0.5, 0.6) is 0 Å². The number of nitrogens with zero attached hydrogens (tertiary/aromatic N) is 1. The Morgan fingerprint density at radius 3 is 2.57 bits per heavy atom. The van der Waals surface area contributed by atoms with E-state index >= 15 is 0 Å². The molecule has 0 aromatic carbocycles. The Bertz CT molecular complexity index is 614. The molecule has 2 N–H and O–H groups in total. The van der Waals surface area contributed by atoms with Crippen molar-refractivity contribution in [2.75, 3.05) is 6.54 Å². The van der Waals surface area contributed by atoms with Crippen molar-refractivity contribution in [2.45, 2.75) is 38.8 Å². The highest BCUT2D eigenvalue weighted by Gasteiger charge is 2.35. The van der Waals surface area contributed by atoms with Crippen LogP contribution in [-0.2, 0) is 6.18 Å². The number of carbonyl (C=O) groups is 1. The van der Waals surface area contributed by atoms with E-state index in [1.54, 1.807) is 0 Å². The Kier molecular flexibility index (Phi) is 5.74. The van der Waals surface area contributed by atoms with Crippen molar-refractivity contribution in [1.29, 1.82) is 0 Å². The van der Waals surface area contributed by atoms with Crippen molar-refractivity contribution in [1.82, 2.24) is 14.9 Å². The van der Waals surface area contributed by atoms with Gasteiger partial charge < -0.3 is 5.32 Å². The highest BCUT2D eigenvalue weighted by molar-refractivity contribution is 5.76. The molecule has 0 atom stereocenters. The molecule has 0 spiro atoms. The normalized spacial score (nSPS) is 11.4. The number of hydrogen-bond acceptors (Lipinski definition) is 3. The lowest BCUT2D eigenvalue weighted by Crippen LogP contribution is -2.42. The molecular formula is C12H20F3N3O3. The first-order chi connectivity index (χ1) is 9.77. The second-order valence-corrected chi connectivity index (χ2v) is 4.46. The Morgan fingerprint density at radius 2 is 2.00 bits per heavy atom. The fourth-order valence-electron chi connectivity index (χ4n) is 1.66. The monoisotopic (exact) mass is 311 g/mol. The predicted octanol–water partition coefficient (Wildman–Crippen LogP) is 2.19. The molecule has 9 heteroatoms. The number of carbonyl (C=O) groups excluding carboxylic acids is 1. The van der Waals surface area contributed by atoms with Gasteiger partial charge in [0.2, 0.25) is 0 Å². The van der Waals surface area contributed by atoms with Gasteiger partial charge in [-0.3, -0.25) is 9.78 Å². The number of H-pyrrole nitrogens is 1. The summed E-state index contributed by atoms with van der Waals surface area (Å²) in [6.07, 6.45) is -1.23. The van der Waals surface area contributed by atoms with Crippen LogP contribution >= 0.6 is 0 Å². The van der Waals surface area contributed by atoms with Gasteiger partial charge in [0.05, 0.1) is 0 Å². The van der Waals surface area contributed by atoms with E-state index in [-0.39, 0.29) is 20.2 Å². The maximum absolute atomic E-state index is 12.5. The van der Waals surface area contributed by atoms with E-state index in [1.165, 1.54) is 4.98 Å². The maximum Gasteiger partial charge on any atom is 0.423 e. The molecule has 122 valence electrons. The van der Waals surface area contributed by atoms with Gasteiger partial charge in [-0.25, -0.2) is 14.2 Å². The summed E-state index contributed by atoms with van der Waals surface area (Å²) >= 11 is 0. The fraction of sp³-hybridized carbons (Fsp3) is 0.583. The van der Waals surface area contributed by atoms with Crippen LogP contribution < -0.4 is 16.6 Å². The first-order valence-corrected chi connectivity index (χ1v) is 6.48. The summed E-state index contributed by atoms with van der Waals surface area (Å²) in [6, 6.07) is -1.00. The minimum Gasteiger partial charge on any atom is -0.337 e. The molecule has 1 aromatic rings. The molecule has 21 heavy (non-hydrogen) atoms. The van der Waals surface area contributed by atoms with E-state index in [9.17, 15) is 27.6 Å².